The van der Waals surface area contributed by atoms with E-state index in [4.69, 9.17) is 4.74 Å². The Morgan fingerprint density at radius 3 is 2.75 bits per heavy atom. The molecule has 1 saturated heterocycles. The van der Waals surface area contributed by atoms with Gasteiger partial charge in [0, 0.05) is 18.6 Å². The van der Waals surface area contributed by atoms with Gasteiger partial charge in [-0.15, -0.1) is 0 Å². The van der Waals surface area contributed by atoms with Crippen LogP contribution in [0.25, 0.3) is 0 Å². The third-order valence-electron chi connectivity index (χ3n) is 4.30. The van der Waals surface area contributed by atoms with E-state index < -0.39 is 0 Å². The highest BCUT2D eigenvalue weighted by Crippen LogP contribution is 2.40. The lowest BCUT2D eigenvalue weighted by atomic mass is 9.67. The molecule has 0 aromatic carbocycles. The molecule has 0 N–H and O–H groups in total. The van der Waals surface area contributed by atoms with Gasteiger partial charge in [-0.25, -0.2) is 0 Å². The van der Waals surface area contributed by atoms with Crippen molar-refractivity contribution in [2.24, 2.45) is 17.3 Å². The summed E-state index contributed by atoms with van der Waals surface area (Å²) in [5.41, 5.74) is -0.160. The third-order valence-corrected chi connectivity index (χ3v) is 4.30. The first-order chi connectivity index (χ1) is 7.60. The molecule has 0 aromatic rings. The topological polar surface area (TPSA) is 26.3 Å². The number of allylic oxidation sites excluding steroid dienone is 2. The van der Waals surface area contributed by atoms with Gasteiger partial charge < -0.3 is 4.74 Å². The number of ether oxygens (including phenoxy) is 1. The summed E-state index contributed by atoms with van der Waals surface area (Å²) in [6.07, 6.45) is 8.41. The van der Waals surface area contributed by atoms with Crippen molar-refractivity contribution in [1.29, 1.82) is 0 Å². The van der Waals surface area contributed by atoms with Crippen LogP contribution in [-0.2, 0) is 9.53 Å². The molecule has 0 bridgehead atoms. The fourth-order valence-corrected chi connectivity index (χ4v) is 2.83. The molecule has 0 spiro atoms. The van der Waals surface area contributed by atoms with Gasteiger partial charge in [0.2, 0.25) is 0 Å². The monoisotopic (exact) mass is 222 g/mol. The molecule has 1 aliphatic carbocycles. The maximum Gasteiger partial charge on any atom is 0.161 e. The number of carbonyl (C=O) groups excluding carboxylic acids is 1. The highest BCUT2D eigenvalue weighted by Gasteiger charge is 2.37. The van der Waals surface area contributed by atoms with Gasteiger partial charge in [0.15, 0.2) is 5.78 Å². The van der Waals surface area contributed by atoms with Crippen LogP contribution >= 0.6 is 0 Å². The lowest BCUT2D eigenvalue weighted by Gasteiger charge is -2.37. The summed E-state index contributed by atoms with van der Waals surface area (Å²) in [4.78, 5) is 11.9. The van der Waals surface area contributed by atoms with E-state index in [0.717, 1.165) is 25.6 Å². The summed E-state index contributed by atoms with van der Waals surface area (Å²) in [6, 6.07) is 0. The van der Waals surface area contributed by atoms with Crippen molar-refractivity contribution >= 4 is 5.78 Å². The highest BCUT2D eigenvalue weighted by molar-refractivity contribution is 5.95. The minimum Gasteiger partial charge on any atom is -0.381 e. The molecule has 2 aliphatic rings. The van der Waals surface area contributed by atoms with Crippen LogP contribution in [-0.4, -0.2) is 19.0 Å². The molecule has 1 fully saturated rings. The number of ketones is 1. The van der Waals surface area contributed by atoms with Crippen molar-refractivity contribution in [2.75, 3.05) is 13.2 Å². The zero-order valence-corrected chi connectivity index (χ0v) is 10.4. The van der Waals surface area contributed by atoms with Crippen LogP contribution in [0, 0.1) is 17.3 Å². The summed E-state index contributed by atoms with van der Waals surface area (Å²) in [7, 11) is 0. The van der Waals surface area contributed by atoms with Crippen LogP contribution in [0.1, 0.15) is 39.5 Å². The van der Waals surface area contributed by atoms with Gasteiger partial charge in [-0.3, -0.25) is 4.79 Å². The van der Waals surface area contributed by atoms with E-state index in [1.165, 1.54) is 19.3 Å². The molecule has 0 radical (unpaired) electrons. The summed E-state index contributed by atoms with van der Waals surface area (Å²) in [5, 5.41) is 0. The largest absolute Gasteiger partial charge is 0.381 e. The number of hydrogen-bond acceptors (Lipinski definition) is 2. The minimum atomic E-state index is -0.160. The van der Waals surface area contributed by atoms with E-state index in [2.05, 4.69) is 19.9 Å². The first-order valence-electron chi connectivity index (χ1n) is 6.39. The third kappa shape index (κ3) is 2.37. The van der Waals surface area contributed by atoms with Crippen molar-refractivity contribution in [3.8, 4) is 0 Å². The Bertz CT molecular complexity index is 285. The molecule has 2 rings (SSSR count). The van der Waals surface area contributed by atoms with Crippen molar-refractivity contribution in [2.45, 2.75) is 39.5 Å². The first kappa shape index (κ1) is 11.8. The van der Waals surface area contributed by atoms with E-state index in [-0.39, 0.29) is 5.41 Å². The lowest BCUT2D eigenvalue weighted by Crippen LogP contribution is -2.36. The molecule has 1 unspecified atom stereocenters. The van der Waals surface area contributed by atoms with Gasteiger partial charge in [-0.1, -0.05) is 19.9 Å². The van der Waals surface area contributed by atoms with Gasteiger partial charge >= 0.3 is 0 Å². The quantitative estimate of drug-likeness (QED) is 0.718. The normalized spacial score (nSPS) is 30.6. The Morgan fingerprint density at radius 2 is 2.06 bits per heavy atom. The van der Waals surface area contributed by atoms with Gasteiger partial charge in [0.25, 0.3) is 0 Å². The van der Waals surface area contributed by atoms with E-state index in [1.807, 2.05) is 0 Å². The van der Waals surface area contributed by atoms with Gasteiger partial charge in [0.1, 0.15) is 0 Å². The molecule has 2 heteroatoms. The smallest absolute Gasteiger partial charge is 0.161 e. The Morgan fingerprint density at radius 1 is 1.38 bits per heavy atom. The predicted molar refractivity (Wildman–Crippen MR) is 64.2 cm³/mol. The van der Waals surface area contributed by atoms with Crippen molar-refractivity contribution in [1.82, 2.24) is 0 Å². The van der Waals surface area contributed by atoms with E-state index in [9.17, 15) is 4.79 Å². The molecule has 16 heavy (non-hydrogen) atoms. The molecule has 0 aromatic heterocycles. The maximum absolute atomic E-state index is 11.9. The van der Waals surface area contributed by atoms with Gasteiger partial charge in [-0.2, -0.15) is 0 Å². The van der Waals surface area contributed by atoms with Gasteiger partial charge in [-0.05, 0) is 43.6 Å². The van der Waals surface area contributed by atoms with Crippen LogP contribution in [0.5, 0.6) is 0 Å². The second-order valence-corrected chi connectivity index (χ2v) is 5.71. The molecule has 90 valence electrons. The Balaban J connectivity index is 1.98. The average molecular weight is 222 g/mol. The molecule has 0 amide bonds. The summed E-state index contributed by atoms with van der Waals surface area (Å²) in [6.45, 7) is 6.01. The predicted octanol–water partition coefficient (Wildman–Crippen LogP) is 2.97. The van der Waals surface area contributed by atoms with Crippen LogP contribution < -0.4 is 0 Å². The second-order valence-electron chi connectivity index (χ2n) is 5.71. The zero-order chi connectivity index (χ0) is 11.6. The Hall–Kier alpha value is -0.630. The molecule has 2 nitrogen and oxygen atoms in total. The summed E-state index contributed by atoms with van der Waals surface area (Å²) >= 11 is 0. The van der Waals surface area contributed by atoms with Crippen molar-refractivity contribution in [3.63, 3.8) is 0 Å². The van der Waals surface area contributed by atoms with Crippen molar-refractivity contribution in [3.05, 3.63) is 12.2 Å². The summed E-state index contributed by atoms with van der Waals surface area (Å²) < 4.78 is 5.38. The Kier molecular flexibility index (Phi) is 3.48. The van der Waals surface area contributed by atoms with Crippen LogP contribution in [0.3, 0.4) is 0 Å². The fraction of sp³-hybridized carbons (Fsp3) is 0.786. The SMILES string of the molecule is CC1(C)C(=O)C=CCC1CC1CCOCC1. The highest BCUT2D eigenvalue weighted by atomic mass is 16.5. The molecule has 0 saturated carbocycles. The molecule has 1 atom stereocenters. The average Bonchev–Trinajstić information content (AvgIpc) is 2.27. The van der Waals surface area contributed by atoms with Gasteiger partial charge in [0.05, 0.1) is 0 Å². The maximum atomic E-state index is 11.9. The fourth-order valence-electron chi connectivity index (χ4n) is 2.83. The summed E-state index contributed by atoms with van der Waals surface area (Å²) in [5.74, 6) is 1.58. The zero-order valence-electron chi connectivity index (χ0n) is 10.4. The van der Waals surface area contributed by atoms with Crippen LogP contribution in [0.15, 0.2) is 12.2 Å². The molecular formula is C14H22O2. The van der Waals surface area contributed by atoms with Crippen molar-refractivity contribution < 1.29 is 9.53 Å². The Labute approximate surface area is 98.1 Å². The number of carbonyl (C=O) groups is 1. The number of rotatable bonds is 2. The standard InChI is InChI=1S/C14H22O2/c1-14(2)12(4-3-5-13(14)15)10-11-6-8-16-9-7-11/h3,5,11-12H,4,6-10H2,1-2H3. The molecule has 1 aliphatic heterocycles. The van der Waals surface area contributed by atoms with E-state index in [0.29, 0.717) is 11.7 Å². The second kappa shape index (κ2) is 4.70. The van der Waals surface area contributed by atoms with E-state index >= 15 is 0 Å². The molecule has 1 heterocycles. The number of hydrogen-bond donors (Lipinski definition) is 0. The lowest BCUT2D eigenvalue weighted by molar-refractivity contribution is -0.126. The van der Waals surface area contributed by atoms with Crippen LogP contribution in [0.4, 0.5) is 0 Å². The first-order valence-corrected chi connectivity index (χ1v) is 6.39. The van der Waals surface area contributed by atoms with E-state index in [1.54, 1.807) is 6.08 Å². The minimum absolute atomic E-state index is 0.160. The molecular weight excluding hydrogens is 200 g/mol. The van der Waals surface area contributed by atoms with Crippen LogP contribution in [0.2, 0.25) is 0 Å².